The summed E-state index contributed by atoms with van der Waals surface area (Å²) in [5.74, 6) is 1.82. The van der Waals surface area contributed by atoms with Gasteiger partial charge in [0.05, 0.1) is 5.52 Å². The molecule has 0 spiro atoms. The number of rotatable bonds is 7. The number of fused-ring (bicyclic) bond motifs is 1. The Morgan fingerprint density at radius 3 is 2.42 bits per heavy atom. The average Bonchev–Trinajstić information content (AvgIpc) is 3.18. The third-order valence-electron chi connectivity index (χ3n) is 8.68. The van der Waals surface area contributed by atoms with Gasteiger partial charge in [0.25, 0.3) is 5.91 Å². The van der Waals surface area contributed by atoms with Crippen molar-refractivity contribution in [3.05, 3.63) is 65.4 Å². The van der Waals surface area contributed by atoms with Crippen LogP contribution in [0.4, 0.5) is 0 Å². The Bertz CT molecular complexity index is 1230. The summed E-state index contributed by atoms with van der Waals surface area (Å²) in [7, 11) is 0. The number of carbonyl (C=O) groups is 1. The van der Waals surface area contributed by atoms with Gasteiger partial charge in [-0.1, -0.05) is 56.7 Å². The molecule has 1 saturated heterocycles. The van der Waals surface area contributed by atoms with Gasteiger partial charge < -0.3 is 9.64 Å². The average molecular weight is 515 g/mol. The number of nitrogens with zero attached hydrogens (tertiary/aromatic N) is 2. The smallest absolute Gasteiger partial charge is 0.262 e. The van der Waals surface area contributed by atoms with E-state index in [0.717, 1.165) is 46.8 Å². The fourth-order valence-electron chi connectivity index (χ4n) is 6.85. The molecule has 2 aliphatic rings. The molecule has 2 fully saturated rings. The standard InChI is InChI=1S/C34H46N2O2/c1-25-30(20-22-35-21-12-11-17-28(35)23-26-13-7-5-8-14-26)31-24-29(38-34(2,3)4)18-19-32(31)36(25)33(37)27-15-9-6-10-16-27/h6,9-10,15-16,18-19,24,26,28H,5,7-8,11-14,17,20-23H2,1-4H3. The lowest BCUT2D eigenvalue weighted by Gasteiger charge is -2.38. The number of hydrogen-bond donors (Lipinski definition) is 0. The van der Waals surface area contributed by atoms with Crippen LogP contribution in [0, 0.1) is 12.8 Å². The molecule has 3 aromatic rings. The number of ether oxygens (including phenoxy) is 1. The molecule has 38 heavy (non-hydrogen) atoms. The van der Waals surface area contributed by atoms with Gasteiger partial charge in [0.2, 0.25) is 0 Å². The second-order valence-corrected chi connectivity index (χ2v) is 12.6. The summed E-state index contributed by atoms with van der Waals surface area (Å²) in [6.07, 6.45) is 13.5. The van der Waals surface area contributed by atoms with Crippen molar-refractivity contribution in [2.45, 2.75) is 104 Å². The van der Waals surface area contributed by atoms with E-state index in [9.17, 15) is 4.79 Å². The van der Waals surface area contributed by atoms with Crippen LogP contribution in [0.5, 0.6) is 5.75 Å². The van der Waals surface area contributed by atoms with Crippen LogP contribution in [-0.2, 0) is 6.42 Å². The predicted molar refractivity (Wildman–Crippen MR) is 157 cm³/mol. The van der Waals surface area contributed by atoms with E-state index in [-0.39, 0.29) is 11.5 Å². The van der Waals surface area contributed by atoms with Gasteiger partial charge in [0.15, 0.2) is 0 Å². The van der Waals surface area contributed by atoms with Gasteiger partial charge in [-0.2, -0.15) is 0 Å². The molecule has 0 N–H and O–H groups in total. The highest BCUT2D eigenvalue weighted by atomic mass is 16.5. The topological polar surface area (TPSA) is 34.5 Å². The molecule has 1 atom stereocenters. The summed E-state index contributed by atoms with van der Waals surface area (Å²) < 4.78 is 8.18. The van der Waals surface area contributed by atoms with Gasteiger partial charge in [-0.15, -0.1) is 0 Å². The van der Waals surface area contributed by atoms with Crippen LogP contribution in [0.25, 0.3) is 10.9 Å². The predicted octanol–water partition coefficient (Wildman–Crippen LogP) is 8.18. The van der Waals surface area contributed by atoms with E-state index in [0.29, 0.717) is 6.04 Å². The Morgan fingerprint density at radius 1 is 0.947 bits per heavy atom. The van der Waals surface area contributed by atoms with E-state index < -0.39 is 0 Å². The van der Waals surface area contributed by atoms with Crippen molar-refractivity contribution in [3.8, 4) is 5.75 Å². The highest BCUT2D eigenvalue weighted by Crippen LogP contribution is 2.34. The van der Waals surface area contributed by atoms with Crippen LogP contribution in [-0.4, -0.2) is 40.1 Å². The first-order valence-electron chi connectivity index (χ1n) is 15.0. The SMILES string of the molecule is Cc1c(CCN2CCCCC2CC2CCCCC2)c2cc(OC(C)(C)C)ccc2n1C(=O)c1ccccc1. The highest BCUT2D eigenvalue weighted by Gasteiger charge is 2.27. The van der Waals surface area contributed by atoms with Gasteiger partial charge in [-0.05, 0) is 102 Å². The zero-order chi connectivity index (χ0) is 26.7. The minimum Gasteiger partial charge on any atom is -0.488 e. The summed E-state index contributed by atoms with van der Waals surface area (Å²) in [5, 5.41) is 1.15. The molecule has 1 aliphatic carbocycles. The molecule has 0 amide bonds. The lowest BCUT2D eigenvalue weighted by atomic mass is 9.82. The molecule has 1 aromatic heterocycles. The zero-order valence-corrected chi connectivity index (χ0v) is 24.0. The van der Waals surface area contributed by atoms with Gasteiger partial charge in [0.1, 0.15) is 11.4 Å². The second kappa shape index (κ2) is 11.7. The second-order valence-electron chi connectivity index (χ2n) is 12.6. The molecule has 0 radical (unpaired) electrons. The van der Waals surface area contributed by atoms with E-state index in [1.807, 2.05) is 41.0 Å². The van der Waals surface area contributed by atoms with Crippen molar-refractivity contribution in [1.29, 1.82) is 0 Å². The molecular formula is C34H46N2O2. The Morgan fingerprint density at radius 2 is 1.68 bits per heavy atom. The van der Waals surface area contributed by atoms with Crippen molar-refractivity contribution in [3.63, 3.8) is 0 Å². The molecule has 5 rings (SSSR count). The number of hydrogen-bond acceptors (Lipinski definition) is 3. The maximum Gasteiger partial charge on any atom is 0.262 e. The minimum absolute atomic E-state index is 0.0389. The number of benzene rings is 2. The molecule has 1 unspecified atom stereocenters. The van der Waals surface area contributed by atoms with Gasteiger partial charge >= 0.3 is 0 Å². The lowest BCUT2D eigenvalue weighted by molar-refractivity contribution is 0.0962. The van der Waals surface area contributed by atoms with Crippen LogP contribution in [0.3, 0.4) is 0 Å². The Kier molecular flexibility index (Phi) is 8.28. The molecule has 1 aliphatic heterocycles. The van der Waals surface area contributed by atoms with Crippen molar-refractivity contribution in [2.24, 2.45) is 5.92 Å². The quantitative estimate of drug-likeness (QED) is 0.319. The van der Waals surface area contributed by atoms with Crippen LogP contribution in [0.15, 0.2) is 48.5 Å². The summed E-state index contributed by atoms with van der Waals surface area (Å²) in [6, 6.07) is 16.6. The van der Waals surface area contributed by atoms with Gasteiger partial charge in [-0.3, -0.25) is 9.36 Å². The summed E-state index contributed by atoms with van der Waals surface area (Å²) in [4.78, 5) is 16.5. The van der Waals surface area contributed by atoms with Gasteiger partial charge in [0, 0.05) is 29.2 Å². The lowest BCUT2D eigenvalue weighted by Crippen LogP contribution is -2.42. The number of aromatic nitrogens is 1. The van der Waals surface area contributed by atoms with Crippen molar-refractivity contribution >= 4 is 16.8 Å². The minimum atomic E-state index is -0.272. The Hall–Kier alpha value is -2.59. The first kappa shape index (κ1) is 27.0. The van der Waals surface area contributed by atoms with E-state index in [4.69, 9.17) is 4.74 Å². The molecule has 1 saturated carbocycles. The molecule has 204 valence electrons. The molecule has 4 heteroatoms. The van der Waals surface area contributed by atoms with E-state index >= 15 is 0 Å². The zero-order valence-electron chi connectivity index (χ0n) is 24.0. The fraction of sp³-hybridized carbons (Fsp3) is 0.559. The molecule has 2 heterocycles. The number of carbonyl (C=O) groups excluding carboxylic acids is 1. The molecule has 4 nitrogen and oxygen atoms in total. The maximum atomic E-state index is 13.7. The third kappa shape index (κ3) is 6.17. The van der Waals surface area contributed by atoms with E-state index in [1.54, 1.807) is 0 Å². The van der Waals surface area contributed by atoms with E-state index in [1.165, 1.54) is 69.9 Å². The van der Waals surface area contributed by atoms with Crippen LogP contribution >= 0.6 is 0 Å². The number of piperidine rings is 1. The first-order chi connectivity index (χ1) is 18.3. The van der Waals surface area contributed by atoms with Crippen LogP contribution < -0.4 is 4.74 Å². The summed E-state index contributed by atoms with van der Waals surface area (Å²) in [6.45, 7) is 10.6. The van der Waals surface area contributed by atoms with E-state index in [2.05, 4.69) is 44.7 Å². The molecule has 2 aromatic carbocycles. The first-order valence-corrected chi connectivity index (χ1v) is 15.0. The molecular weight excluding hydrogens is 468 g/mol. The maximum absolute atomic E-state index is 13.7. The summed E-state index contributed by atoms with van der Waals surface area (Å²) in [5.41, 5.74) is 3.77. The summed E-state index contributed by atoms with van der Waals surface area (Å²) >= 11 is 0. The van der Waals surface area contributed by atoms with Crippen molar-refractivity contribution < 1.29 is 9.53 Å². The van der Waals surface area contributed by atoms with Crippen molar-refractivity contribution in [2.75, 3.05) is 13.1 Å². The third-order valence-corrected chi connectivity index (χ3v) is 8.68. The number of likely N-dealkylation sites (tertiary alicyclic amines) is 1. The molecule has 0 bridgehead atoms. The Labute approximate surface area is 229 Å². The normalized spacial score (nSPS) is 19.6. The monoisotopic (exact) mass is 514 g/mol. The van der Waals surface area contributed by atoms with Crippen LogP contribution in [0.2, 0.25) is 0 Å². The Balaban J connectivity index is 1.45. The van der Waals surface area contributed by atoms with Crippen LogP contribution in [0.1, 0.15) is 100 Å². The van der Waals surface area contributed by atoms with Gasteiger partial charge in [-0.25, -0.2) is 0 Å². The van der Waals surface area contributed by atoms with Crippen molar-refractivity contribution in [1.82, 2.24) is 9.47 Å². The fourth-order valence-corrected chi connectivity index (χ4v) is 6.85. The highest BCUT2D eigenvalue weighted by molar-refractivity contribution is 6.04. The largest absolute Gasteiger partial charge is 0.488 e.